The molecule has 1 aliphatic rings. The molecule has 0 atom stereocenters. The Balaban J connectivity index is 1.11. The van der Waals surface area contributed by atoms with Gasteiger partial charge in [-0.3, -0.25) is 0 Å². The number of aromatic nitrogens is 1. The molecular weight excluding hydrogens is 579 g/mol. The van der Waals surface area contributed by atoms with Gasteiger partial charge in [-0.15, -0.1) is 11.3 Å². The average Bonchev–Trinajstić information content (AvgIpc) is 3.82. The van der Waals surface area contributed by atoms with Gasteiger partial charge in [-0.25, -0.2) is 4.98 Å². The summed E-state index contributed by atoms with van der Waals surface area (Å²) in [5.41, 5.74) is 11.5. The van der Waals surface area contributed by atoms with Crippen LogP contribution in [0.3, 0.4) is 0 Å². The van der Waals surface area contributed by atoms with Gasteiger partial charge in [0.2, 0.25) is 0 Å². The second-order valence-electron chi connectivity index (χ2n) is 12.3. The van der Waals surface area contributed by atoms with Crippen molar-refractivity contribution in [1.29, 1.82) is 0 Å². The normalized spacial score (nSPS) is 12.3. The predicted octanol–water partition coefficient (Wildman–Crippen LogP) is 12.6. The summed E-state index contributed by atoms with van der Waals surface area (Å²) < 4.78 is 8.06. The van der Waals surface area contributed by atoms with Gasteiger partial charge in [-0.1, -0.05) is 121 Å². The molecule has 3 heteroatoms. The number of thiazole rings is 1. The van der Waals surface area contributed by atoms with Crippen molar-refractivity contribution in [1.82, 2.24) is 4.98 Å². The Morgan fingerprint density at radius 1 is 0.435 bits per heavy atom. The van der Waals surface area contributed by atoms with Crippen LogP contribution in [-0.4, -0.2) is 4.98 Å². The molecule has 0 radical (unpaired) electrons. The van der Waals surface area contributed by atoms with Crippen molar-refractivity contribution in [3.8, 4) is 44.0 Å². The zero-order valence-electron chi connectivity index (χ0n) is 24.5. The summed E-state index contributed by atoms with van der Waals surface area (Å²) in [5, 5.41) is 10.7. The maximum Gasteiger partial charge on any atom is 0.143 e. The van der Waals surface area contributed by atoms with Crippen LogP contribution in [0.5, 0.6) is 0 Å². The van der Waals surface area contributed by atoms with Crippen molar-refractivity contribution >= 4 is 75.8 Å². The maximum absolute atomic E-state index is 6.86. The van der Waals surface area contributed by atoms with Gasteiger partial charge in [0.25, 0.3) is 0 Å². The van der Waals surface area contributed by atoms with E-state index in [1.54, 1.807) is 11.3 Å². The zero-order valence-corrected chi connectivity index (χ0v) is 25.4. The molecule has 0 unspecified atom stereocenters. The molecule has 0 saturated heterocycles. The smallest absolute Gasteiger partial charge is 0.143 e. The minimum atomic E-state index is 0.925. The van der Waals surface area contributed by atoms with Gasteiger partial charge < -0.3 is 4.42 Å². The monoisotopic (exact) mass is 601 g/mol. The van der Waals surface area contributed by atoms with Crippen molar-refractivity contribution in [2.24, 2.45) is 0 Å². The molecule has 2 nitrogen and oxygen atoms in total. The largest absolute Gasteiger partial charge is 0.455 e. The molecule has 0 aliphatic heterocycles. The summed E-state index contributed by atoms with van der Waals surface area (Å²) in [6.45, 7) is 0. The van der Waals surface area contributed by atoms with Crippen molar-refractivity contribution in [3.63, 3.8) is 0 Å². The SMILES string of the molecule is c1cc(-c2nc3c(ccc4ccc5ccccc5c43)s2)cc(-c2cccc3c2oc2c4cccc5c4c(cc32)-c2ccccc2-5)c1. The van der Waals surface area contributed by atoms with Crippen molar-refractivity contribution in [3.05, 3.63) is 140 Å². The lowest BCUT2D eigenvalue weighted by molar-refractivity contribution is 0.674. The van der Waals surface area contributed by atoms with Gasteiger partial charge in [0.1, 0.15) is 16.2 Å². The van der Waals surface area contributed by atoms with Crippen molar-refractivity contribution in [2.75, 3.05) is 0 Å². The molecule has 0 N–H and O–H groups in total. The molecule has 212 valence electrons. The van der Waals surface area contributed by atoms with Gasteiger partial charge in [0, 0.05) is 38.1 Å². The summed E-state index contributed by atoms with van der Waals surface area (Å²) in [6.07, 6.45) is 0. The average molecular weight is 602 g/mol. The second kappa shape index (κ2) is 8.91. The molecule has 0 spiro atoms. The topological polar surface area (TPSA) is 26.0 Å². The summed E-state index contributed by atoms with van der Waals surface area (Å²) in [5.74, 6) is 0. The third-order valence-electron chi connectivity index (χ3n) is 9.81. The quantitative estimate of drug-likeness (QED) is 0.184. The van der Waals surface area contributed by atoms with Crippen molar-refractivity contribution in [2.45, 2.75) is 0 Å². The van der Waals surface area contributed by atoms with Crippen LogP contribution in [0.4, 0.5) is 0 Å². The van der Waals surface area contributed by atoms with E-state index in [0.717, 1.165) is 49.2 Å². The van der Waals surface area contributed by atoms with E-state index in [2.05, 4.69) is 140 Å². The number of nitrogens with zero attached hydrogens (tertiary/aromatic N) is 1. The van der Waals surface area contributed by atoms with Crippen LogP contribution in [-0.2, 0) is 0 Å². The Labute approximate surface area is 267 Å². The van der Waals surface area contributed by atoms with E-state index in [0.29, 0.717) is 0 Å². The number of fused-ring (bicyclic) bond motifs is 12. The number of hydrogen-bond acceptors (Lipinski definition) is 3. The molecule has 10 aromatic rings. The fraction of sp³-hybridized carbons (Fsp3) is 0. The highest BCUT2D eigenvalue weighted by Gasteiger charge is 2.25. The predicted molar refractivity (Wildman–Crippen MR) is 195 cm³/mol. The van der Waals surface area contributed by atoms with Crippen LogP contribution < -0.4 is 0 Å². The summed E-state index contributed by atoms with van der Waals surface area (Å²) >= 11 is 1.76. The molecule has 0 amide bonds. The number of furan rings is 1. The van der Waals surface area contributed by atoms with Gasteiger partial charge >= 0.3 is 0 Å². The van der Waals surface area contributed by atoms with Crippen LogP contribution in [0.2, 0.25) is 0 Å². The Morgan fingerprint density at radius 3 is 2.07 bits per heavy atom. The fourth-order valence-corrected chi connectivity index (χ4v) is 8.74. The fourth-order valence-electron chi connectivity index (χ4n) is 7.77. The molecule has 8 aromatic carbocycles. The standard InChI is InChI=1S/C43H23NOS/c1-2-11-28-24(8-1)18-19-25-20-21-37-40(38(25)28)44-43(46-37)27-10-5-9-26(22-27)29-14-6-16-33-36-23-35-31-13-4-3-12-30(31)32-15-7-17-34(39(32)35)42(36)45-41(29)33/h1-23H. The molecule has 46 heavy (non-hydrogen) atoms. The summed E-state index contributed by atoms with van der Waals surface area (Å²) in [7, 11) is 0. The summed E-state index contributed by atoms with van der Waals surface area (Å²) in [4.78, 5) is 5.27. The van der Waals surface area contributed by atoms with E-state index in [1.807, 2.05) is 0 Å². The van der Waals surface area contributed by atoms with Gasteiger partial charge in [-0.05, 0) is 62.2 Å². The molecule has 0 saturated carbocycles. The first kappa shape index (κ1) is 24.5. The van der Waals surface area contributed by atoms with E-state index >= 15 is 0 Å². The molecule has 2 aromatic heterocycles. The van der Waals surface area contributed by atoms with E-state index in [-0.39, 0.29) is 0 Å². The minimum absolute atomic E-state index is 0.925. The molecule has 11 rings (SSSR count). The molecule has 2 heterocycles. The van der Waals surface area contributed by atoms with Gasteiger partial charge in [-0.2, -0.15) is 0 Å². The molecule has 0 bridgehead atoms. The lowest BCUT2D eigenvalue weighted by atomic mass is 9.97. The summed E-state index contributed by atoms with van der Waals surface area (Å²) in [6, 6.07) is 50.4. The van der Waals surface area contributed by atoms with Crippen LogP contribution in [0.25, 0.3) is 108 Å². The molecule has 0 fully saturated rings. The van der Waals surface area contributed by atoms with E-state index in [1.165, 1.54) is 59.3 Å². The molecular formula is C43H23NOS. The Morgan fingerprint density at radius 2 is 1.13 bits per heavy atom. The van der Waals surface area contributed by atoms with E-state index < -0.39 is 0 Å². The van der Waals surface area contributed by atoms with Crippen LogP contribution in [0.15, 0.2) is 144 Å². The second-order valence-corrected chi connectivity index (χ2v) is 13.3. The zero-order chi connectivity index (χ0) is 29.9. The highest BCUT2D eigenvalue weighted by atomic mass is 32.1. The van der Waals surface area contributed by atoms with Gasteiger partial charge in [0.15, 0.2) is 0 Å². The lowest BCUT2D eigenvalue weighted by Gasteiger charge is -2.05. The maximum atomic E-state index is 6.86. The number of rotatable bonds is 2. The Kier molecular flexibility index (Phi) is 4.75. The third-order valence-corrected chi connectivity index (χ3v) is 10.9. The van der Waals surface area contributed by atoms with E-state index in [4.69, 9.17) is 9.40 Å². The highest BCUT2D eigenvalue weighted by Crippen LogP contribution is 2.51. The first-order chi connectivity index (χ1) is 22.8. The lowest BCUT2D eigenvalue weighted by Crippen LogP contribution is -1.82. The van der Waals surface area contributed by atoms with Crippen LogP contribution >= 0.6 is 11.3 Å². The first-order valence-corrected chi connectivity index (χ1v) is 16.4. The number of benzene rings is 8. The number of hydrogen-bond donors (Lipinski definition) is 0. The molecule has 1 aliphatic carbocycles. The Hall–Kier alpha value is -5.77. The highest BCUT2D eigenvalue weighted by molar-refractivity contribution is 7.21. The van der Waals surface area contributed by atoms with Crippen molar-refractivity contribution < 1.29 is 4.42 Å². The Bertz CT molecular complexity index is 2930. The van der Waals surface area contributed by atoms with Crippen LogP contribution in [0.1, 0.15) is 0 Å². The third kappa shape index (κ3) is 3.22. The first-order valence-electron chi connectivity index (χ1n) is 15.6. The van der Waals surface area contributed by atoms with Crippen LogP contribution in [0, 0.1) is 0 Å². The van der Waals surface area contributed by atoms with E-state index in [9.17, 15) is 0 Å². The van der Waals surface area contributed by atoms with Gasteiger partial charge in [0.05, 0.1) is 10.2 Å². The minimum Gasteiger partial charge on any atom is -0.455 e. The number of para-hydroxylation sites is 1.